The van der Waals surface area contributed by atoms with E-state index < -0.39 is 6.04 Å². The number of carbonyl (C=O) groups excluding carboxylic acids is 1. The van der Waals surface area contributed by atoms with Crippen molar-refractivity contribution in [1.82, 2.24) is 0 Å². The van der Waals surface area contributed by atoms with Gasteiger partial charge in [-0.15, -0.1) is 0 Å². The van der Waals surface area contributed by atoms with Gasteiger partial charge in [-0.05, 0) is 19.1 Å². The summed E-state index contributed by atoms with van der Waals surface area (Å²) in [5.41, 5.74) is 2.24. The summed E-state index contributed by atoms with van der Waals surface area (Å²) in [7, 11) is 2.96. The lowest BCUT2D eigenvalue weighted by Gasteiger charge is -2.15. The molecule has 0 saturated heterocycles. The van der Waals surface area contributed by atoms with Crippen LogP contribution < -0.4 is 10.1 Å². The van der Waals surface area contributed by atoms with E-state index in [1.807, 2.05) is 36.4 Å². The van der Waals surface area contributed by atoms with Crippen molar-refractivity contribution >= 4 is 33.6 Å². The van der Waals surface area contributed by atoms with Gasteiger partial charge in [-0.3, -0.25) is 0 Å². The van der Waals surface area contributed by atoms with Crippen LogP contribution in [0.3, 0.4) is 0 Å². The summed E-state index contributed by atoms with van der Waals surface area (Å²) < 4.78 is 16.0. The number of anilines is 1. The van der Waals surface area contributed by atoms with E-state index >= 15 is 0 Å². The molecule has 114 valence electrons. The summed E-state index contributed by atoms with van der Waals surface area (Å²) >= 11 is 0. The van der Waals surface area contributed by atoms with Crippen LogP contribution in [-0.4, -0.2) is 26.2 Å². The number of furan rings is 1. The molecule has 22 heavy (non-hydrogen) atoms. The van der Waals surface area contributed by atoms with Crippen molar-refractivity contribution < 1.29 is 18.7 Å². The fraction of sp³-hybridized carbons (Fsp3) is 0.235. The van der Waals surface area contributed by atoms with E-state index in [9.17, 15) is 4.79 Å². The summed E-state index contributed by atoms with van der Waals surface area (Å²) in [6.07, 6.45) is 0. The Kier molecular flexibility index (Phi) is 3.63. The number of rotatable bonds is 4. The minimum absolute atomic E-state index is 0.341. The van der Waals surface area contributed by atoms with Gasteiger partial charge in [0.05, 0.1) is 19.9 Å². The highest BCUT2D eigenvalue weighted by molar-refractivity contribution is 6.06. The van der Waals surface area contributed by atoms with Crippen molar-refractivity contribution in [3.05, 3.63) is 36.4 Å². The van der Waals surface area contributed by atoms with Gasteiger partial charge in [0.15, 0.2) is 0 Å². The summed E-state index contributed by atoms with van der Waals surface area (Å²) in [4.78, 5) is 11.6. The quantitative estimate of drug-likeness (QED) is 0.746. The van der Waals surface area contributed by atoms with Gasteiger partial charge in [0.25, 0.3) is 0 Å². The number of ether oxygens (including phenoxy) is 2. The van der Waals surface area contributed by atoms with Crippen LogP contribution >= 0.6 is 0 Å². The van der Waals surface area contributed by atoms with Gasteiger partial charge < -0.3 is 19.2 Å². The van der Waals surface area contributed by atoms with E-state index in [-0.39, 0.29) is 5.97 Å². The minimum atomic E-state index is -0.485. The number of para-hydroxylation sites is 1. The van der Waals surface area contributed by atoms with Crippen molar-refractivity contribution in [2.75, 3.05) is 19.5 Å². The molecule has 5 nitrogen and oxygen atoms in total. The number of carbonyl (C=O) groups is 1. The first-order valence-electron chi connectivity index (χ1n) is 6.97. The summed E-state index contributed by atoms with van der Waals surface area (Å²) in [5, 5.41) is 5.10. The molecule has 1 atom stereocenters. The zero-order chi connectivity index (χ0) is 15.7. The van der Waals surface area contributed by atoms with Crippen LogP contribution in [0.4, 0.5) is 5.69 Å². The Morgan fingerprint density at radius 2 is 1.91 bits per heavy atom. The van der Waals surface area contributed by atoms with Gasteiger partial charge in [0.1, 0.15) is 23.0 Å². The van der Waals surface area contributed by atoms with Crippen molar-refractivity contribution in [1.29, 1.82) is 0 Å². The lowest BCUT2D eigenvalue weighted by molar-refractivity contribution is -0.141. The molecule has 0 saturated carbocycles. The Bertz CT molecular complexity index is 837. The van der Waals surface area contributed by atoms with Crippen molar-refractivity contribution in [2.45, 2.75) is 13.0 Å². The molecule has 0 fully saturated rings. The van der Waals surface area contributed by atoms with Crippen LogP contribution in [-0.2, 0) is 9.53 Å². The second kappa shape index (κ2) is 5.60. The predicted molar refractivity (Wildman–Crippen MR) is 85.4 cm³/mol. The van der Waals surface area contributed by atoms with Gasteiger partial charge in [-0.1, -0.05) is 18.2 Å². The molecule has 3 aromatic rings. The Balaban J connectivity index is 2.10. The maximum Gasteiger partial charge on any atom is 0.327 e. The average Bonchev–Trinajstić information content (AvgIpc) is 2.90. The van der Waals surface area contributed by atoms with Crippen molar-refractivity contribution in [3.8, 4) is 5.75 Å². The second-order valence-corrected chi connectivity index (χ2v) is 5.04. The van der Waals surface area contributed by atoms with Crippen LogP contribution in [0.5, 0.6) is 5.75 Å². The largest absolute Gasteiger partial charge is 0.495 e. The lowest BCUT2D eigenvalue weighted by Crippen LogP contribution is -2.27. The highest BCUT2D eigenvalue weighted by Gasteiger charge is 2.17. The Hall–Kier alpha value is -2.69. The number of hydrogen-bond acceptors (Lipinski definition) is 5. The summed E-state index contributed by atoms with van der Waals surface area (Å²) in [5.74, 6) is 0.307. The fourth-order valence-corrected chi connectivity index (χ4v) is 2.50. The van der Waals surface area contributed by atoms with E-state index in [1.54, 1.807) is 14.0 Å². The van der Waals surface area contributed by atoms with E-state index in [1.165, 1.54) is 7.11 Å². The number of esters is 1. The van der Waals surface area contributed by atoms with E-state index in [0.29, 0.717) is 11.4 Å². The number of methoxy groups -OCH3 is 2. The van der Waals surface area contributed by atoms with Crippen LogP contribution in [0.2, 0.25) is 0 Å². The normalized spacial score (nSPS) is 12.3. The first-order valence-corrected chi connectivity index (χ1v) is 6.97. The van der Waals surface area contributed by atoms with Gasteiger partial charge >= 0.3 is 5.97 Å². The van der Waals surface area contributed by atoms with Gasteiger partial charge in [0.2, 0.25) is 0 Å². The third kappa shape index (κ3) is 2.35. The molecule has 0 bridgehead atoms. The fourth-order valence-electron chi connectivity index (χ4n) is 2.50. The molecule has 3 rings (SSSR count). The number of nitrogens with one attached hydrogen (secondary N) is 1. The number of fused-ring (bicyclic) bond motifs is 3. The van der Waals surface area contributed by atoms with Gasteiger partial charge in [-0.2, -0.15) is 0 Å². The molecule has 0 aliphatic rings. The van der Waals surface area contributed by atoms with Crippen molar-refractivity contribution in [3.63, 3.8) is 0 Å². The molecule has 0 spiro atoms. The molecule has 0 aliphatic heterocycles. The van der Waals surface area contributed by atoms with E-state index in [0.717, 1.165) is 21.9 Å². The monoisotopic (exact) mass is 299 g/mol. The molecular weight excluding hydrogens is 282 g/mol. The SMILES string of the molecule is COC(=O)[C@@H](C)Nc1cc2oc3ccccc3c2cc1OC. The Morgan fingerprint density at radius 3 is 2.64 bits per heavy atom. The van der Waals surface area contributed by atoms with Crippen LogP contribution in [0.1, 0.15) is 6.92 Å². The maximum atomic E-state index is 11.6. The Morgan fingerprint density at radius 1 is 1.14 bits per heavy atom. The summed E-state index contributed by atoms with van der Waals surface area (Å²) in [6, 6.07) is 11.1. The topological polar surface area (TPSA) is 60.7 Å². The molecule has 1 heterocycles. The molecule has 0 radical (unpaired) electrons. The summed E-state index contributed by atoms with van der Waals surface area (Å²) in [6.45, 7) is 1.73. The molecule has 1 aromatic heterocycles. The van der Waals surface area contributed by atoms with Gasteiger partial charge in [0, 0.05) is 16.8 Å². The standard InChI is InChI=1S/C17H17NO4/c1-10(17(19)21-3)18-13-9-15-12(8-16(13)20-2)11-6-4-5-7-14(11)22-15/h4-10,18H,1-3H3/t10-/m1/s1. The van der Waals surface area contributed by atoms with Crippen LogP contribution in [0, 0.1) is 0 Å². The first kappa shape index (κ1) is 14.3. The zero-order valence-corrected chi connectivity index (χ0v) is 12.7. The number of benzene rings is 2. The second-order valence-electron chi connectivity index (χ2n) is 5.04. The minimum Gasteiger partial charge on any atom is -0.495 e. The lowest BCUT2D eigenvalue weighted by atomic mass is 10.1. The maximum absolute atomic E-state index is 11.6. The van der Waals surface area contributed by atoms with Gasteiger partial charge in [-0.25, -0.2) is 4.79 Å². The van der Waals surface area contributed by atoms with Crippen LogP contribution in [0.15, 0.2) is 40.8 Å². The first-order chi connectivity index (χ1) is 10.6. The molecule has 0 aliphatic carbocycles. The third-order valence-electron chi connectivity index (χ3n) is 3.63. The zero-order valence-electron chi connectivity index (χ0n) is 12.7. The molecule has 0 unspecified atom stereocenters. The Labute approximate surface area is 127 Å². The molecular formula is C17H17NO4. The molecule has 5 heteroatoms. The van der Waals surface area contributed by atoms with Crippen molar-refractivity contribution in [2.24, 2.45) is 0 Å². The number of hydrogen-bond donors (Lipinski definition) is 1. The smallest absolute Gasteiger partial charge is 0.327 e. The van der Waals surface area contributed by atoms with E-state index in [4.69, 9.17) is 13.9 Å². The molecule has 2 aromatic carbocycles. The average molecular weight is 299 g/mol. The predicted octanol–water partition coefficient (Wildman–Crippen LogP) is 3.57. The molecule has 1 N–H and O–H groups in total. The molecule has 0 amide bonds. The highest BCUT2D eigenvalue weighted by Crippen LogP contribution is 2.36. The highest BCUT2D eigenvalue weighted by atomic mass is 16.5. The van der Waals surface area contributed by atoms with E-state index in [2.05, 4.69) is 5.32 Å². The third-order valence-corrected chi connectivity index (χ3v) is 3.63. The van der Waals surface area contributed by atoms with Crippen LogP contribution in [0.25, 0.3) is 21.9 Å².